The van der Waals surface area contributed by atoms with E-state index >= 15 is 0 Å². The van der Waals surface area contributed by atoms with Crippen molar-refractivity contribution in [2.24, 2.45) is 0 Å². The van der Waals surface area contributed by atoms with Gasteiger partial charge in [-0.3, -0.25) is 10.1 Å². The van der Waals surface area contributed by atoms with Crippen LogP contribution in [0.5, 0.6) is 11.5 Å². The molecule has 0 radical (unpaired) electrons. The van der Waals surface area contributed by atoms with Crippen LogP contribution in [0, 0.1) is 0 Å². The molecule has 162 valence electrons. The molecule has 0 bridgehead atoms. The Morgan fingerprint density at radius 3 is 2.67 bits per heavy atom. The smallest absolute Gasteiger partial charge is 0.321 e. The Kier molecular flexibility index (Phi) is 7.89. The molecule has 1 heterocycles. The van der Waals surface area contributed by atoms with Gasteiger partial charge in [0.1, 0.15) is 0 Å². The van der Waals surface area contributed by atoms with Crippen molar-refractivity contribution in [3.8, 4) is 11.5 Å². The first-order chi connectivity index (χ1) is 14.6. The van der Waals surface area contributed by atoms with Crippen LogP contribution in [0.25, 0.3) is 0 Å². The second-order valence-corrected chi connectivity index (χ2v) is 8.05. The maximum Gasteiger partial charge on any atom is 0.321 e. The van der Waals surface area contributed by atoms with Gasteiger partial charge in [0, 0.05) is 18.0 Å². The number of hydrogen-bond acceptors (Lipinski definition) is 6. The van der Waals surface area contributed by atoms with E-state index in [0.717, 1.165) is 31.2 Å². The third-order valence-corrected chi connectivity index (χ3v) is 5.79. The van der Waals surface area contributed by atoms with Gasteiger partial charge in [0.25, 0.3) is 0 Å². The first-order valence-corrected chi connectivity index (χ1v) is 10.9. The quantitative estimate of drug-likeness (QED) is 0.565. The van der Waals surface area contributed by atoms with Crippen LogP contribution < -0.4 is 25.4 Å². The van der Waals surface area contributed by atoms with E-state index in [1.807, 2.05) is 18.2 Å². The van der Waals surface area contributed by atoms with E-state index in [2.05, 4.69) is 20.9 Å². The largest absolute Gasteiger partial charge is 0.493 e. The number of amides is 3. The van der Waals surface area contributed by atoms with Gasteiger partial charge < -0.3 is 20.1 Å². The molecule has 0 atom stereocenters. The van der Waals surface area contributed by atoms with Crippen LogP contribution in [-0.2, 0) is 17.6 Å². The minimum Gasteiger partial charge on any atom is -0.493 e. The van der Waals surface area contributed by atoms with Crippen molar-refractivity contribution in [2.45, 2.75) is 44.6 Å². The van der Waals surface area contributed by atoms with Crippen LogP contribution in [0.3, 0.4) is 0 Å². The van der Waals surface area contributed by atoms with Gasteiger partial charge in [0.2, 0.25) is 5.91 Å². The third kappa shape index (κ3) is 6.35. The lowest BCUT2D eigenvalue weighted by Gasteiger charge is -2.11. The second-order valence-electron chi connectivity index (χ2n) is 7.19. The lowest BCUT2D eigenvalue weighted by molar-refractivity contribution is -0.120. The third-order valence-electron chi connectivity index (χ3n) is 4.99. The molecule has 2 aromatic rings. The molecule has 3 N–H and O–H groups in total. The minimum atomic E-state index is -0.234. The van der Waals surface area contributed by atoms with E-state index < -0.39 is 0 Å². The molecule has 1 aromatic heterocycles. The number of rotatable bonds is 9. The second kappa shape index (κ2) is 10.8. The van der Waals surface area contributed by atoms with Crippen molar-refractivity contribution in [1.82, 2.24) is 15.6 Å². The van der Waals surface area contributed by atoms with Crippen molar-refractivity contribution in [2.75, 3.05) is 26.1 Å². The minimum absolute atomic E-state index is 0.109. The van der Waals surface area contributed by atoms with E-state index in [0.29, 0.717) is 35.3 Å². The van der Waals surface area contributed by atoms with Crippen LogP contribution in [0.15, 0.2) is 23.6 Å². The number of methoxy groups -OCH3 is 2. The fourth-order valence-corrected chi connectivity index (χ4v) is 4.15. The molecule has 8 nitrogen and oxygen atoms in total. The Morgan fingerprint density at radius 1 is 1.17 bits per heavy atom. The zero-order valence-electron chi connectivity index (χ0n) is 17.3. The molecule has 0 spiro atoms. The summed E-state index contributed by atoms with van der Waals surface area (Å²) in [5.41, 5.74) is 1.68. The van der Waals surface area contributed by atoms with Gasteiger partial charge in [-0.15, -0.1) is 11.3 Å². The maximum atomic E-state index is 12.2. The Balaban J connectivity index is 1.40. The SMILES string of the molecule is COc1ccc(CCNC(=O)Cc2csc(NC(=O)NC3CCCC3)n2)cc1OC. The van der Waals surface area contributed by atoms with Gasteiger partial charge in [-0.2, -0.15) is 0 Å². The molecular formula is C21H28N4O4S. The highest BCUT2D eigenvalue weighted by atomic mass is 32.1. The fraction of sp³-hybridized carbons (Fsp3) is 0.476. The molecule has 9 heteroatoms. The Labute approximate surface area is 180 Å². The number of anilines is 1. The van der Waals surface area contributed by atoms with E-state index in [4.69, 9.17) is 9.47 Å². The van der Waals surface area contributed by atoms with Crippen LogP contribution in [0.1, 0.15) is 36.9 Å². The van der Waals surface area contributed by atoms with Gasteiger partial charge in [0.15, 0.2) is 16.6 Å². The van der Waals surface area contributed by atoms with Gasteiger partial charge >= 0.3 is 6.03 Å². The molecule has 30 heavy (non-hydrogen) atoms. The summed E-state index contributed by atoms with van der Waals surface area (Å²) in [6.45, 7) is 0.507. The molecule has 3 amide bonds. The van der Waals surface area contributed by atoms with Crippen LogP contribution >= 0.6 is 11.3 Å². The van der Waals surface area contributed by atoms with E-state index in [1.54, 1.807) is 19.6 Å². The molecule has 0 aliphatic heterocycles. The van der Waals surface area contributed by atoms with Crippen LogP contribution in [0.4, 0.5) is 9.93 Å². The van der Waals surface area contributed by atoms with Crippen molar-refractivity contribution in [3.05, 3.63) is 34.8 Å². The first kappa shape index (κ1) is 21.9. The van der Waals surface area contributed by atoms with Gasteiger partial charge in [-0.25, -0.2) is 9.78 Å². The van der Waals surface area contributed by atoms with Crippen LogP contribution in [0.2, 0.25) is 0 Å². The highest BCUT2D eigenvalue weighted by molar-refractivity contribution is 7.13. The lowest BCUT2D eigenvalue weighted by atomic mass is 10.1. The predicted octanol–water partition coefficient (Wildman–Crippen LogP) is 3.13. The monoisotopic (exact) mass is 432 g/mol. The highest BCUT2D eigenvalue weighted by Gasteiger charge is 2.17. The number of hydrogen-bond donors (Lipinski definition) is 3. The average molecular weight is 433 g/mol. The summed E-state index contributed by atoms with van der Waals surface area (Å²) in [5, 5.41) is 10.9. The number of thiazole rings is 1. The average Bonchev–Trinajstić information content (AvgIpc) is 3.40. The molecule has 1 aliphatic rings. The van der Waals surface area contributed by atoms with Gasteiger partial charge in [0.05, 0.1) is 26.3 Å². The van der Waals surface area contributed by atoms with E-state index in [1.165, 1.54) is 11.3 Å². The summed E-state index contributed by atoms with van der Waals surface area (Å²) in [4.78, 5) is 28.5. The molecule has 1 saturated carbocycles. The first-order valence-electron chi connectivity index (χ1n) is 10.1. The van der Waals surface area contributed by atoms with Gasteiger partial charge in [-0.1, -0.05) is 18.9 Å². The predicted molar refractivity (Wildman–Crippen MR) is 116 cm³/mol. The Hall–Kier alpha value is -2.81. The highest BCUT2D eigenvalue weighted by Crippen LogP contribution is 2.27. The standard InChI is InChI=1S/C21H28N4O4S/c1-28-17-8-7-14(11-18(17)29-2)9-10-22-19(26)12-16-13-30-21(24-16)25-20(27)23-15-5-3-4-6-15/h7-8,11,13,15H,3-6,9-10,12H2,1-2H3,(H,22,26)(H2,23,24,25,27). The maximum absolute atomic E-state index is 12.2. The number of ether oxygens (including phenoxy) is 2. The van der Waals surface area contributed by atoms with Gasteiger partial charge in [-0.05, 0) is 37.0 Å². The molecule has 1 aliphatic carbocycles. The van der Waals surface area contributed by atoms with E-state index in [-0.39, 0.29) is 24.4 Å². The summed E-state index contributed by atoms with van der Waals surface area (Å²) in [5.74, 6) is 1.23. The summed E-state index contributed by atoms with van der Waals surface area (Å²) in [6.07, 6.45) is 5.23. The zero-order chi connectivity index (χ0) is 21.3. The number of nitrogens with one attached hydrogen (secondary N) is 3. The van der Waals surface area contributed by atoms with Crippen LogP contribution in [-0.4, -0.2) is 43.7 Å². The summed E-state index contributed by atoms with van der Waals surface area (Å²) in [7, 11) is 3.19. The fourth-order valence-electron chi connectivity index (χ4n) is 3.44. The summed E-state index contributed by atoms with van der Waals surface area (Å²) >= 11 is 1.32. The lowest BCUT2D eigenvalue weighted by Crippen LogP contribution is -2.36. The van der Waals surface area contributed by atoms with E-state index in [9.17, 15) is 9.59 Å². The Morgan fingerprint density at radius 2 is 1.93 bits per heavy atom. The molecule has 1 fully saturated rings. The number of carbonyl (C=O) groups excluding carboxylic acids is 2. The summed E-state index contributed by atoms with van der Waals surface area (Å²) < 4.78 is 10.5. The molecule has 0 saturated heterocycles. The van der Waals surface area contributed by atoms with Crippen molar-refractivity contribution in [3.63, 3.8) is 0 Å². The number of urea groups is 1. The normalized spacial score (nSPS) is 13.7. The summed E-state index contributed by atoms with van der Waals surface area (Å²) in [6, 6.07) is 5.72. The van der Waals surface area contributed by atoms with Crippen molar-refractivity contribution in [1.29, 1.82) is 0 Å². The number of aromatic nitrogens is 1. The number of benzene rings is 1. The zero-order valence-corrected chi connectivity index (χ0v) is 18.1. The molecule has 0 unspecified atom stereocenters. The molecule has 3 rings (SSSR count). The van der Waals surface area contributed by atoms with Crippen molar-refractivity contribution < 1.29 is 19.1 Å². The molecule has 1 aromatic carbocycles. The number of carbonyl (C=O) groups is 2. The topological polar surface area (TPSA) is 102 Å². The number of nitrogens with zero attached hydrogens (tertiary/aromatic N) is 1. The van der Waals surface area contributed by atoms with Crippen molar-refractivity contribution >= 4 is 28.4 Å². The Bertz CT molecular complexity index is 864. The molecular weight excluding hydrogens is 404 g/mol.